The van der Waals surface area contributed by atoms with Crippen LogP contribution in [0.3, 0.4) is 0 Å². The van der Waals surface area contributed by atoms with Gasteiger partial charge in [-0.3, -0.25) is 4.79 Å². The highest BCUT2D eigenvalue weighted by atomic mass is 16.1. The molecular weight excluding hydrogens is 424 g/mol. The highest BCUT2D eigenvalue weighted by Gasteiger charge is 2.16. The molecule has 0 fully saturated rings. The van der Waals surface area contributed by atoms with Crippen LogP contribution in [-0.4, -0.2) is 5.78 Å². The number of carbonyl (C=O) groups excluding carboxylic acids is 1. The molecule has 0 bridgehead atoms. The van der Waals surface area contributed by atoms with E-state index in [2.05, 4.69) is 84.9 Å². The average Bonchev–Trinajstić information content (AvgIpc) is 2.78. The minimum atomic E-state index is 0.446. The van der Waals surface area contributed by atoms with E-state index < -0.39 is 0 Å². The van der Waals surface area contributed by atoms with Gasteiger partial charge in [-0.2, -0.15) is 0 Å². The lowest BCUT2D eigenvalue weighted by molar-refractivity contribution is -0.119. The fourth-order valence-electron chi connectivity index (χ4n) is 4.26. The molecule has 0 aliphatic carbocycles. The number of ketones is 1. The summed E-state index contributed by atoms with van der Waals surface area (Å²) in [5.41, 5.74) is 0.462. The lowest BCUT2D eigenvalue weighted by Crippen LogP contribution is -2.13. The molecule has 0 aromatic heterocycles. The van der Waals surface area contributed by atoms with Gasteiger partial charge in [-0.15, -0.1) is 0 Å². The van der Waals surface area contributed by atoms with Crippen LogP contribution in [0.25, 0.3) is 0 Å². The van der Waals surface area contributed by atoms with E-state index in [1.54, 1.807) is 0 Å². The molecule has 1 heteroatoms. The van der Waals surface area contributed by atoms with Crippen molar-refractivity contribution in [3.8, 4) is 0 Å². The van der Waals surface area contributed by atoms with E-state index in [4.69, 9.17) is 0 Å². The van der Waals surface area contributed by atoms with Gasteiger partial charge in [0, 0.05) is 12.8 Å². The van der Waals surface area contributed by atoms with Crippen LogP contribution >= 0.6 is 0 Å². The van der Waals surface area contributed by atoms with Gasteiger partial charge < -0.3 is 0 Å². The van der Waals surface area contributed by atoms with Crippen LogP contribution in [0.1, 0.15) is 151 Å². The van der Waals surface area contributed by atoms with Gasteiger partial charge in [0.1, 0.15) is 5.78 Å². The quantitative estimate of drug-likeness (QED) is 0.110. The standard InChI is InChI=1S/C34H62O/c1-30(2)24-20-16-13-11-9-8-10-12-14-18-22-26-33(35)27-23-19-15-17-21-25-31(3)32(4)28-29-34(5,6)7/h8-9,14,16,18,20,30-32H,10-13,15,17,19,21-29H2,1-7H3/b9-8+,18-14+,20-16+. The molecule has 2 unspecified atom stereocenters. The molecule has 0 heterocycles. The van der Waals surface area contributed by atoms with Crippen LogP contribution in [0.4, 0.5) is 0 Å². The first-order valence-corrected chi connectivity index (χ1v) is 15.1. The summed E-state index contributed by atoms with van der Waals surface area (Å²) >= 11 is 0. The molecule has 0 aromatic carbocycles. The molecule has 0 aromatic rings. The number of carbonyl (C=O) groups is 1. The molecule has 0 aliphatic heterocycles. The zero-order valence-corrected chi connectivity index (χ0v) is 24.9. The predicted molar refractivity (Wildman–Crippen MR) is 159 cm³/mol. The number of hydrogen-bond acceptors (Lipinski definition) is 1. The fraction of sp³-hybridized carbons (Fsp3) is 0.794. The number of rotatable bonds is 22. The van der Waals surface area contributed by atoms with Crippen molar-refractivity contribution < 1.29 is 4.79 Å². The normalized spacial score (nSPS) is 14.6. The molecule has 0 N–H and O–H groups in total. The van der Waals surface area contributed by atoms with Gasteiger partial charge >= 0.3 is 0 Å². The Bertz CT molecular complexity index is 572. The summed E-state index contributed by atoms with van der Waals surface area (Å²) in [4.78, 5) is 12.1. The van der Waals surface area contributed by atoms with Crippen molar-refractivity contribution in [1.29, 1.82) is 0 Å². The third-order valence-corrected chi connectivity index (χ3v) is 7.13. The fourth-order valence-corrected chi connectivity index (χ4v) is 4.26. The highest BCUT2D eigenvalue weighted by molar-refractivity contribution is 5.78. The van der Waals surface area contributed by atoms with Crippen molar-refractivity contribution in [3.05, 3.63) is 36.5 Å². The van der Waals surface area contributed by atoms with E-state index in [-0.39, 0.29) is 0 Å². The first-order valence-electron chi connectivity index (χ1n) is 15.1. The summed E-state index contributed by atoms with van der Waals surface area (Å²) in [7, 11) is 0. The van der Waals surface area contributed by atoms with Crippen molar-refractivity contribution in [3.63, 3.8) is 0 Å². The maximum absolute atomic E-state index is 12.1. The topological polar surface area (TPSA) is 17.1 Å². The molecule has 204 valence electrons. The maximum Gasteiger partial charge on any atom is 0.133 e. The second-order valence-electron chi connectivity index (χ2n) is 12.6. The van der Waals surface area contributed by atoms with E-state index in [1.807, 2.05) is 0 Å². The lowest BCUT2D eigenvalue weighted by Gasteiger charge is -2.24. The Morgan fingerprint density at radius 3 is 1.66 bits per heavy atom. The first-order chi connectivity index (χ1) is 16.6. The van der Waals surface area contributed by atoms with Crippen LogP contribution in [0.5, 0.6) is 0 Å². The number of hydrogen-bond donors (Lipinski definition) is 0. The average molecular weight is 487 g/mol. The SMILES string of the molecule is CC(C)C/C=C/CC/C=C/CC/C=C/CCC(=O)CCCCCCCC(C)C(C)CCC(C)(C)C. The van der Waals surface area contributed by atoms with Gasteiger partial charge in [0.2, 0.25) is 0 Å². The number of allylic oxidation sites excluding steroid dienone is 6. The Labute approximate surface area is 221 Å². The summed E-state index contributed by atoms with van der Waals surface area (Å²) in [6.45, 7) is 16.4. The zero-order valence-electron chi connectivity index (χ0n) is 24.9. The Kier molecular flexibility index (Phi) is 21.4. The highest BCUT2D eigenvalue weighted by Crippen LogP contribution is 2.29. The maximum atomic E-state index is 12.1. The minimum absolute atomic E-state index is 0.446. The van der Waals surface area contributed by atoms with Crippen molar-refractivity contribution in [2.75, 3.05) is 0 Å². The molecule has 0 saturated carbocycles. The molecule has 35 heavy (non-hydrogen) atoms. The molecule has 0 amide bonds. The van der Waals surface area contributed by atoms with Crippen molar-refractivity contribution in [2.24, 2.45) is 23.2 Å². The van der Waals surface area contributed by atoms with Gasteiger partial charge in [-0.1, -0.05) is 117 Å². The van der Waals surface area contributed by atoms with Crippen LogP contribution in [-0.2, 0) is 4.79 Å². The largest absolute Gasteiger partial charge is 0.300 e. The summed E-state index contributed by atoms with van der Waals surface area (Å²) in [5.74, 6) is 2.88. The molecule has 0 saturated heterocycles. The molecule has 0 radical (unpaired) electrons. The van der Waals surface area contributed by atoms with Crippen LogP contribution in [0.2, 0.25) is 0 Å². The van der Waals surface area contributed by atoms with E-state index in [0.29, 0.717) is 11.2 Å². The van der Waals surface area contributed by atoms with Crippen LogP contribution in [0.15, 0.2) is 36.5 Å². The number of unbranched alkanes of at least 4 members (excludes halogenated alkanes) is 6. The molecule has 0 spiro atoms. The third-order valence-electron chi connectivity index (χ3n) is 7.13. The smallest absolute Gasteiger partial charge is 0.133 e. The molecule has 0 aliphatic rings. The third kappa shape index (κ3) is 25.8. The van der Waals surface area contributed by atoms with Crippen LogP contribution < -0.4 is 0 Å². The summed E-state index contributed by atoms with van der Waals surface area (Å²) in [5, 5.41) is 0. The van der Waals surface area contributed by atoms with E-state index >= 15 is 0 Å². The molecular formula is C34H62O. The molecule has 1 nitrogen and oxygen atoms in total. The molecule has 0 rings (SSSR count). The molecule has 2 atom stereocenters. The summed E-state index contributed by atoms with van der Waals surface area (Å²) in [6.07, 6.45) is 32.0. The predicted octanol–water partition coefficient (Wildman–Crippen LogP) is 11.4. The second kappa shape index (κ2) is 22.1. The first kappa shape index (κ1) is 33.9. The van der Waals surface area contributed by atoms with Crippen LogP contribution in [0, 0.1) is 23.2 Å². The van der Waals surface area contributed by atoms with E-state index in [0.717, 1.165) is 69.1 Å². The Morgan fingerprint density at radius 1 is 0.600 bits per heavy atom. The van der Waals surface area contributed by atoms with Crippen molar-refractivity contribution in [2.45, 2.75) is 151 Å². The monoisotopic (exact) mass is 486 g/mol. The second-order valence-corrected chi connectivity index (χ2v) is 12.6. The lowest BCUT2D eigenvalue weighted by atomic mass is 9.81. The van der Waals surface area contributed by atoms with Crippen molar-refractivity contribution >= 4 is 5.78 Å². The van der Waals surface area contributed by atoms with Gasteiger partial charge in [0.05, 0.1) is 0 Å². The van der Waals surface area contributed by atoms with E-state index in [1.165, 1.54) is 51.4 Å². The van der Waals surface area contributed by atoms with Crippen molar-refractivity contribution in [1.82, 2.24) is 0 Å². The minimum Gasteiger partial charge on any atom is -0.300 e. The van der Waals surface area contributed by atoms with Gasteiger partial charge in [0.15, 0.2) is 0 Å². The summed E-state index contributed by atoms with van der Waals surface area (Å²) in [6, 6.07) is 0. The Balaban J connectivity index is 3.55. The number of Topliss-reactive ketones (excluding diaryl/α,β-unsaturated/α-hetero) is 1. The zero-order chi connectivity index (χ0) is 26.4. The van der Waals surface area contributed by atoms with E-state index in [9.17, 15) is 4.79 Å². The van der Waals surface area contributed by atoms with Gasteiger partial charge in [0.25, 0.3) is 0 Å². The van der Waals surface area contributed by atoms with Gasteiger partial charge in [-0.05, 0) is 81.0 Å². The Morgan fingerprint density at radius 2 is 1.09 bits per heavy atom. The van der Waals surface area contributed by atoms with Gasteiger partial charge in [-0.25, -0.2) is 0 Å². The summed E-state index contributed by atoms with van der Waals surface area (Å²) < 4.78 is 0. The Hall–Kier alpha value is -1.11.